The number of imidazole rings is 1. The zero-order chi connectivity index (χ0) is 26.4. The van der Waals surface area contributed by atoms with Crippen LogP contribution in [-0.2, 0) is 11.2 Å². The summed E-state index contributed by atoms with van der Waals surface area (Å²) in [4.78, 5) is 57.9. The molecule has 2 aromatic carbocycles. The number of benzene rings is 2. The van der Waals surface area contributed by atoms with E-state index in [1.165, 1.54) is 18.5 Å². The Hall–Kier alpha value is -4.05. The Kier molecular flexibility index (Phi) is 8.29. The van der Waals surface area contributed by atoms with Crippen molar-refractivity contribution in [1.29, 1.82) is 0 Å². The van der Waals surface area contributed by atoms with Crippen LogP contribution >= 0.6 is 11.6 Å². The Labute approximate surface area is 217 Å². The highest BCUT2D eigenvalue weighted by Crippen LogP contribution is 2.20. The van der Waals surface area contributed by atoms with Crippen molar-refractivity contribution < 1.29 is 23.6 Å². The van der Waals surface area contributed by atoms with E-state index in [1.807, 2.05) is 0 Å². The van der Waals surface area contributed by atoms with Crippen LogP contribution in [0.15, 0.2) is 48.8 Å². The average molecular weight is 526 g/mol. The molecule has 1 fully saturated rings. The lowest BCUT2D eigenvalue weighted by molar-refractivity contribution is -0.127. The Morgan fingerprint density at radius 1 is 1.11 bits per heavy atom. The molecule has 0 spiro atoms. The molecule has 3 amide bonds. The number of amides is 3. The topological polar surface area (TPSA) is 124 Å². The second-order valence-electron chi connectivity index (χ2n) is 8.60. The van der Waals surface area contributed by atoms with Crippen molar-refractivity contribution >= 4 is 40.8 Å². The van der Waals surface area contributed by atoms with Gasteiger partial charge in [-0.1, -0.05) is 23.7 Å². The number of ketones is 1. The van der Waals surface area contributed by atoms with E-state index in [9.17, 15) is 23.6 Å². The molecule has 0 unspecified atom stereocenters. The van der Waals surface area contributed by atoms with Crippen molar-refractivity contribution in [2.24, 2.45) is 0 Å². The first kappa shape index (κ1) is 26.0. The minimum absolute atomic E-state index is 0.0353. The van der Waals surface area contributed by atoms with Crippen LogP contribution in [-0.4, -0.2) is 58.0 Å². The van der Waals surface area contributed by atoms with Gasteiger partial charge in [-0.3, -0.25) is 19.2 Å². The summed E-state index contributed by atoms with van der Waals surface area (Å²) in [6, 6.07) is 10.2. The lowest BCUT2D eigenvalue weighted by Gasteiger charge is -2.15. The Morgan fingerprint density at radius 2 is 1.89 bits per heavy atom. The number of hydrogen-bond donors (Lipinski definition) is 3. The summed E-state index contributed by atoms with van der Waals surface area (Å²) in [6.07, 6.45) is 3.36. The summed E-state index contributed by atoms with van der Waals surface area (Å²) >= 11 is 5.97. The van der Waals surface area contributed by atoms with Gasteiger partial charge in [0.25, 0.3) is 11.8 Å². The SMILES string of the molecule is O=C(Cc1ccc(NC(=O)c2nc[nH]c2C(=O)NCCCN2CCCC2=O)cc1)c1ccc(F)cc1Cl. The summed E-state index contributed by atoms with van der Waals surface area (Å²) in [6.45, 7) is 1.68. The van der Waals surface area contributed by atoms with Crippen molar-refractivity contribution in [1.82, 2.24) is 20.2 Å². The molecule has 11 heteroatoms. The van der Waals surface area contributed by atoms with E-state index in [0.717, 1.165) is 19.0 Å². The van der Waals surface area contributed by atoms with Gasteiger partial charge in [-0.25, -0.2) is 9.37 Å². The average Bonchev–Trinajstić information content (AvgIpc) is 3.52. The standard InChI is InChI=1S/C26H25ClFN5O4/c27-20-14-17(28)6-9-19(20)21(34)13-16-4-7-18(8-5-16)32-26(37)24-23(30-15-31-24)25(36)29-10-2-12-33-11-1-3-22(33)35/h4-9,14-15H,1-3,10-13H2,(H,29,36)(H,30,31)(H,32,37). The van der Waals surface area contributed by atoms with Gasteiger partial charge in [-0.2, -0.15) is 0 Å². The summed E-state index contributed by atoms with van der Waals surface area (Å²) in [7, 11) is 0. The third-order valence-corrected chi connectivity index (χ3v) is 6.26. The zero-order valence-corrected chi connectivity index (χ0v) is 20.6. The maximum absolute atomic E-state index is 13.2. The molecule has 192 valence electrons. The number of hydrogen-bond acceptors (Lipinski definition) is 5. The number of Topliss-reactive ketones (excluding diaryl/α,β-unsaturated/α-hetero) is 1. The van der Waals surface area contributed by atoms with Crippen LogP contribution in [0.1, 0.15) is 56.2 Å². The van der Waals surface area contributed by atoms with E-state index in [2.05, 4.69) is 20.6 Å². The number of likely N-dealkylation sites (tertiary alicyclic amines) is 1. The highest BCUT2D eigenvalue weighted by molar-refractivity contribution is 6.34. The smallest absolute Gasteiger partial charge is 0.276 e. The molecular formula is C26H25ClFN5O4. The van der Waals surface area contributed by atoms with Gasteiger partial charge < -0.3 is 20.5 Å². The summed E-state index contributed by atoms with van der Waals surface area (Å²) in [5, 5.41) is 5.47. The van der Waals surface area contributed by atoms with Crippen molar-refractivity contribution in [3.8, 4) is 0 Å². The lowest BCUT2D eigenvalue weighted by Crippen LogP contribution is -2.31. The van der Waals surface area contributed by atoms with Crippen molar-refractivity contribution in [3.63, 3.8) is 0 Å². The maximum Gasteiger partial charge on any atom is 0.276 e. The predicted octanol–water partition coefficient (Wildman–Crippen LogP) is 3.62. The number of aromatic nitrogens is 2. The largest absolute Gasteiger partial charge is 0.351 e. The van der Waals surface area contributed by atoms with Gasteiger partial charge in [-0.05, 0) is 48.7 Å². The molecule has 1 aliphatic heterocycles. The number of carbonyl (C=O) groups excluding carboxylic acids is 4. The van der Waals surface area contributed by atoms with E-state index in [-0.39, 0.29) is 40.1 Å². The molecule has 4 rings (SSSR count). The van der Waals surface area contributed by atoms with Gasteiger partial charge >= 0.3 is 0 Å². The first-order valence-corrected chi connectivity index (χ1v) is 12.2. The van der Waals surface area contributed by atoms with Gasteiger partial charge in [0, 0.05) is 43.7 Å². The zero-order valence-electron chi connectivity index (χ0n) is 19.9. The number of nitrogens with one attached hydrogen (secondary N) is 3. The molecule has 37 heavy (non-hydrogen) atoms. The lowest BCUT2D eigenvalue weighted by atomic mass is 10.0. The highest BCUT2D eigenvalue weighted by atomic mass is 35.5. The minimum atomic E-state index is -0.573. The molecule has 0 saturated carbocycles. The fourth-order valence-electron chi connectivity index (χ4n) is 4.03. The van der Waals surface area contributed by atoms with Crippen LogP contribution in [0.5, 0.6) is 0 Å². The Bertz CT molecular complexity index is 1320. The first-order chi connectivity index (χ1) is 17.8. The van der Waals surface area contributed by atoms with Crippen LogP contribution in [0, 0.1) is 5.82 Å². The van der Waals surface area contributed by atoms with Gasteiger partial charge in [-0.15, -0.1) is 0 Å². The summed E-state index contributed by atoms with van der Waals surface area (Å²) < 4.78 is 13.2. The fraction of sp³-hybridized carbons (Fsp3) is 0.269. The molecule has 3 N–H and O–H groups in total. The number of carbonyl (C=O) groups is 4. The normalized spacial score (nSPS) is 13.0. The van der Waals surface area contributed by atoms with Gasteiger partial charge in [0.1, 0.15) is 11.5 Å². The third-order valence-electron chi connectivity index (χ3n) is 5.95. The van der Waals surface area contributed by atoms with Crippen LogP contribution in [0.3, 0.4) is 0 Å². The monoisotopic (exact) mass is 525 g/mol. The number of halogens is 2. The van der Waals surface area contributed by atoms with Gasteiger partial charge in [0.15, 0.2) is 11.5 Å². The van der Waals surface area contributed by atoms with E-state index in [4.69, 9.17) is 11.6 Å². The van der Waals surface area contributed by atoms with Crippen LogP contribution in [0.2, 0.25) is 5.02 Å². The van der Waals surface area contributed by atoms with E-state index in [1.54, 1.807) is 29.2 Å². The van der Waals surface area contributed by atoms with Crippen molar-refractivity contribution in [2.75, 3.05) is 25.0 Å². The number of nitrogens with zero attached hydrogens (tertiary/aromatic N) is 2. The number of H-pyrrole nitrogens is 1. The summed E-state index contributed by atoms with van der Waals surface area (Å²) in [5.41, 5.74) is 1.34. The molecule has 0 atom stereocenters. The fourth-order valence-corrected chi connectivity index (χ4v) is 4.31. The predicted molar refractivity (Wildman–Crippen MR) is 135 cm³/mol. The number of aromatic amines is 1. The van der Waals surface area contributed by atoms with Gasteiger partial charge in [0.2, 0.25) is 5.91 Å². The highest BCUT2D eigenvalue weighted by Gasteiger charge is 2.22. The molecule has 0 bridgehead atoms. The summed E-state index contributed by atoms with van der Waals surface area (Å²) in [5.74, 6) is -1.69. The van der Waals surface area contributed by atoms with Gasteiger partial charge in [0.05, 0.1) is 11.3 Å². The van der Waals surface area contributed by atoms with E-state index in [0.29, 0.717) is 37.2 Å². The van der Waals surface area contributed by atoms with Crippen LogP contribution < -0.4 is 10.6 Å². The minimum Gasteiger partial charge on any atom is -0.351 e. The Morgan fingerprint density at radius 3 is 2.59 bits per heavy atom. The molecule has 2 heterocycles. The third kappa shape index (κ3) is 6.59. The van der Waals surface area contributed by atoms with Crippen molar-refractivity contribution in [2.45, 2.75) is 25.7 Å². The second-order valence-corrected chi connectivity index (χ2v) is 9.00. The molecule has 1 aromatic heterocycles. The number of anilines is 1. The quantitative estimate of drug-likeness (QED) is 0.275. The molecule has 0 radical (unpaired) electrons. The molecular weight excluding hydrogens is 501 g/mol. The molecule has 1 saturated heterocycles. The number of rotatable bonds is 10. The van der Waals surface area contributed by atoms with Crippen LogP contribution in [0.25, 0.3) is 0 Å². The van der Waals surface area contributed by atoms with Crippen molar-refractivity contribution in [3.05, 3.63) is 82.1 Å². The Balaban J connectivity index is 1.29. The second kappa shape index (κ2) is 11.8. The molecule has 9 nitrogen and oxygen atoms in total. The molecule has 3 aromatic rings. The molecule has 1 aliphatic rings. The van der Waals surface area contributed by atoms with Crippen LogP contribution in [0.4, 0.5) is 10.1 Å². The maximum atomic E-state index is 13.2. The first-order valence-electron chi connectivity index (χ1n) is 11.8. The van der Waals surface area contributed by atoms with E-state index >= 15 is 0 Å². The molecule has 0 aliphatic carbocycles. The van der Waals surface area contributed by atoms with E-state index < -0.39 is 17.6 Å².